The second-order valence-electron chi connectivity index (χ2n) is 13.5. The molecule has 0 saturated heterocycles. The molecule has 1 aliphatic heterocycles. The molecule has 3 aromatic heterocycles. The fourth-order valence-electron chi connectivity index (χ4n) is 8.43. The van der Waals surface area contributed by atoms with E-state index in [4.69, 9.17) is 4.99 Å². The van der Waals surface area contributed by atoms with Crippen molar-refractivity contribution in [2.24, 2.45) is 4.99 Å². The Morgan fingerprint density at radius 1 is 0.588 bits per heavy atom. The molecule has 2 aliphatic rings. The minimum atomic E-state index is -0.283. The highest BCUT2D eigenvalue weighted by molar-refractivity contribution is 7.26. The van der Waals surface area contributed by atoms with Crippen molar-refractivity contribution in [3.8, 4) is 11.1 Å². The molecule has 0 fully saturated rings. The largest absolute Gasteiger partial charge is 0.346 e. The fourth-order valence-corrected chi connectivity index (χ4v) is 9.66. The summed E-state index contributed by atoms with van der Waals surface area (Å²) < 4.78 is 7.47. The zero-order chi connectivity index (χ0) is 33.5. The topological polar surface area (TPSA) is 34.2 Å². The Morgan fingerprint density at radius 2 is 1.24 bits per heavy atom. The second kappa shape index (κ2) is 11.2. The number of nitrogens with one attached hydrogen (secondary N) is 1. The van der Waals surface area contributed by atoms with Crippen LogP contribution in [0, 0.1) is 0 Å². The molecule has 1 N–H and O–H groups in total. The molecule has 2 unspecified atom stereocenters. The van der Waals surface area contributed by atoms with Crippen LogP contribution in [0.2, 0.25) is 0 Å². The third-order valence-corrected chi connectivity index (χ3v) is 12.0. The summed E-state index contributed by atoms with van der Waals surface area (Å²) in [5, 5.41) is 11.5. The van der Waals surface area contributed by atoms with E-state index >= 15 is 0 Å². The summed E-state index contributed by atoms with van der Waals surface area (Å²) in [6.45, 7) is 0. The summed E-state index contributed by atoms with van der Waals surface area (Å²) in [4.78, 5) is 5.00. The van der Waals surface area contributed by atoms with E-state index in [1.807, 2.05) is 17.6 Å². The first-order valence-corrected chi connectivity index (χ1v) is 18.4. The van der Waals surface area contributed by atoms with Crippen LogP contribution in [0.15, 0.2) is 163 Å². The van der Waals surface area contributed by atoms with Crippen molar-refractivity contribution >= 4 is 87.0 Å². The van der Waals surface area contributed by atoms with Gasteiger partial charge in [-0.05, 0) is 66.1 Å². The van der Waals surface area contributed by atoms with Crippen LogP contribution in [0.1, 0.15) is 24.3 Å². The van der Waals surface area contributed by atoms with Crippen molar-refractivity contribution in [2.45, 2.75) is 18.8 Å². The molecule has 0 spiro atoms. The normalized spacial score (nSPS) is 17.4. The molecule has 9 aromatic rings. The van der Waals surface area contributed by atoms with Crippen LogP contribution in [-0.4, -0.2) is 15.3 Å². The predicted molar refractivity (Wildman–Crippen MR) is 218 cm³/mol. The predicted octanol–water partition coefficient (Wildman–Crippen LogP) is 12.2. The smallest absolute Gasteiger partial charge is 0.200 e. The minimum absolute atomic E-state index is 0.283. The number of aromatic nitrogens is 2. The van der Waals surface area contributed by atoms with Gasteiger partial charge in [0.25, 0.3) is 0 Å². The molecule has 0 saturated carbocycles. The summed E-state index contributed by atoms with van der Waals surface area (Å²) in [6, 6.07) is 47.1. The van der Waals surface area contributed by atoms with Gasteiger partial charge in [-0.1, -0.05) is 109 Å². The molecule has 4 nitrogen and oxygen atoms in total. The maximum absolute atomic E-state index is 5.00. The number of benzene rings is 6. The molecule has 0 amide bonds. The molecule has 0 radical (unpaired) electrons. The summed E-state index contributed by atoms with van der Waals surface area (Å²) >= 11 is 1.86. The van der Waals surface area contributed by atoms with Gasteiger partial charge in [-0.2, -0.15) is 0 Å². The Labute approximate surface area is 298 Å². The van der Waals surface area contributed by atoms with Crippen molar-refractivity contribution in [1.82, 2.24) is 14.5 Å². The van der Waals surface area contributed by atoms with Gasteiger partial charge < -0.3 is 14.5 Å². The van der Waals surface area contributed by atoms with Crippen molar-refractivity contribution in [1.29, 1.82) is 0 Å². The number of thiophene rings is 1. The van der Waals surface area contributed by atoms with Crippen molar-refractivity contribution in [2.75, 3.05) is 0 Å². The summed E-state index contributed by atoms with van der Waals surface area (Å²) in [5.74, 6) is 0. The molecule has 2 atom stereocenters. The Kier molecular flexibility index (Phi) is 6.28. The molecular formula is C46H32N4S. The maximum Gasteiger partial charge on any atom is 0.200 e. The number of aliphatic imine (C=N–C) groups is 1. The molecule has 6 aromatic carbocycles. The van der Waals surface area contributed by atoms with Crippen LogP contribution in [0.4, 0.5) is 0 Å². The van der Waals surface area contributed by atoms with Gasteiger partial charge in [0.1, 0.15) is 0 Å². The zero-order valence-electron chi connectivity index (χ0n) is 27.7. The zero-order valence-corrected chi connectivity index (χ0v) is 28.5. The third-order valence-electron chi connectivity index (χ3n) is 10.7. The fraction of sp³-hybridized carbons (Fsp3) is 0.0652. The van der Waals surface area contributed by atoms with E-state index in [0.717, 1.165) is 23.2 Å². The van der Waals surface area contributed by atoms with Gasteiger partial charge in [-0.25, -0.2) is 4.99 Å². The van der Waals surface area contributed by atoms with Gasteiger partial charge in [0.15, 0.2) is 0 Å². The van der Waals surface area contributed by atoms with Gasteiger partial charge >= 0.3 is 0 Å². The Morgan fingerprint density at radius 3 is 1.98 bits per heavy atom. The van der Waals surface area contributed by atoms with E-state index in [2.05, 4.69) is 172 Å². The molecule has 242 valence electrons. The molecule has 0 bridgehead atoms. The summed E-state index contributed by atoms with van der Waals surface area (Å²) in [6.07, 6.45) is 13.7. The number of para-hydroxylation sites is 2. The molecule has 5 heteroatoms. The van der Waals surface area contributed by atoms with E-state index in [0.29, 0.717) is 6.04 Å². The van der Waals surface area contributed by atoms with E-state index in [-0.39, 0.29) is 6.29 Å². The van der Waals surface area contributed by atoms with E-state index < -0.39 is 0 Å². The van der Waals surface area contributed by atoms with Gasteiger partial charge in [0.05, 0.1) is 17.1 Å². The molecule has 11 rings (SSSR count). The van der Waals surface area contributed by atoms with E-state index in [9.17, 15) is 0 Å². The number of nitrogens with zero attached hydrogens (tertiary/aromatic N) is 3. The van der Waals surface area contributed by atoms with Crippen LogP contribution in [0.5, 0.6) is 0 Å². The second-order valence-corrected chi connectivity index (χ2v) is 14.6. The monoisotopic (exact) mass is 672 g/mol. The lowest BCUT2D eigenvalue weighted by atomic mass is 10.0. The van der Waals surface area contributed by atoms with Crippen LogP contribution in [0.25, 0.3) is 80.6 Å². The quantitative estimate of drug-likeness (QED) is 0.198. The standard InChI is InChI=1S/C46H32N4S/c1-2-11-31(12-3-1)49-40-18-7-4-13-32(40)37-27-29(21-23-42(37)49)30-22-24-43-38(28-30)33-14-5-8-19-41(33)50(43)46-47-26-25-39(48-46)36-17-10-16-35-34-15-6-9-20-44(34)51-45(35)36/h1-11,13-28,31,46,48H,12H2. The maximum atomic E-state index is 5.00. The highest BCUT2D eigenvalue weighted by Crippen LogP contribution is 2.41. The van der Waals surface area contributed by atoms with Gasteiger partial charge in [0, 0.05) is 70.2 Å². The van der Waals surface area contributed by atoms with E-state index in [1.54, 1.807) is 0 Å². The van der Waals surface area contributed by atoms with Crippen LogP contribution in [0.3, 0.4) is 0 Å². The van der Waals surface area contributed by atoms with Gasteiger partial charge in [0.2, 0.25) is 6.29 Å². The average Bonchev–Trinajstić information content (AvgIpc) is 3.85. The van der Waals surface area contributed by atoms with Gasteiger partial charge in [-0.3, -0.25) is 0 Å². The van der Waals surface area contributed by atoms with Crippen LogP contribution in [-0.2, 0) is 0 Å². The molecular weight excluding hydrogens is 641 g/mol. The molecule has 51 heavy (non-hydrogen) atoms. The van der Waals surface area contributed by atoms with Crippen molar-refractivity contribution in [3.05, 3.63) is 163 Å². The Balaban J connectivity index is 1.01. The van der Waals surface area contributed by atoms with Crippen molar-refractivity contribution in [3.63, 3.8) is 0 Å². The lowest BCUT2D eigenvalue weighted by Gasteiger charge is -2.24. The lowest BCUT2D eigenvalue weighted by Crippen LogP contribution is -2.26. The number of hydrogen-bond acceptors (Lipinski definition) is 3. The first kappa shape index (κ1) is 28.6. The van der Waals surface area contributed by atoms with Crippen LogP contribution >= 0.6 is 11.3 Å². The Hall–Kier alpha value is -6.17. The van der Waals surface area contributed by atoms with Crippen molar-refractivity contribution < 1.29 is 0 Å². The summed E-state index contributed by atoms with van der Waals surface area (Å²) in [5.41, 5.74) is 9.60. The number of fused-ring (bicyclic) bond motifs is 9. The SMILES string of the molecule is C1=CCC(n2c3ccccc3c3cc(-c4ccc5c(c4)c4ccccc4n5C4N=CC=C(c5cccc6c5sc5ccccc56)N4)ccc32)C=C1. The molecule has 1 aliphatic carbocycles. The first-order valence-electron chi connectivity index (χ1n) is 17.6. The van der Waals surface area contributed by atoms with Gasteiger partial charge in [-0.15, -0.1) is 11.3 Å². The highest BCUT2D eigenvalue weighted by Gasteiger charge is 2.23. The summed E-state index contributed by atoms with van der Waals surface area (Å²) in [7, 11) is 0. The van der Waals surface area contributed by atoms with E-state index in [1.165, 1.54) is 69.4 Å². The average molecular weight is 673 g/mol. The highest BCUT2D eigenvalue weighted by atomic mass is 32.1. The number of allylic oxidation sites excluding steroid dienone is 5. The minimum Gasteiger partial charge on any atom is -0.346 e. The van der Waals surface area contributed by atoms with Crippen LogP contribution < -0.4 is 5.32 Å². The third kappa shape index (κ3) is 4.35. The first-order chi connectivity index (χ1) is 25.3. The number of hydrogen-bond donors (Lipinski definition) is 1. The molecule has 4 heterocycles. The number of rotatable bonds is 4. The Bertz CT molecular complexity index is 3000. The lowest BCUT2D eigenvalue weighted by molar-refractivity contribution is 0.511.